The van der Waals surface area contributed by atoms with Gasteiger partial charge in [0.1, 0.15) is 17.3 Å². The second-order valence-electron chi connectivity index (χ2n) is 12.0. The van der Waals surface area contributed by atoms with Gasteiger partial charge in [-0.25, -0.2) is 4.39 Å². The molecule has 0 saturated heterocycles. The number of carboxylic acids is 1. The molecule has 0 radical (unpaired) electrons. The van der Waals surface area contributed by atoms with E-state index in [4.69, 9.17) is 14.9 Å². The lowest BCUT2D eigenvalue weighted by Crippen LogP contribution is -2.26. The number of fused-ring (bicyclic) bond motifs is 2. The Kier molecular flexibility index (Phi) is 8.10. The maximum Gasteiger partial charge on any atom is 0.304 e. The van der Waals surface area contributed by atoms with Crippen molar-refractivity contribution < 1.29 is 29.2 Å². The summed E-state index contributed by atoms with van der Waals surface area (Å²) in [7, 11) is 0. The van der Waals surface area contributed by atoms with E-state index >= 15 is 0 Å². The zero-order chi connectivity index (χ0) is 30.2. The van der Waals surface area contributed by atoms with E-state index in [2.05, 4.69) is 31.1 Å². The lowest BCUT2D eigenvalue weighted by Gasteiger charge is -2.17. The molecule has 0 unspecified atom stereocenters. The van der Waals surface area contributed by atoms with Crippen molar-refractivity contribution in [1.29, 1.82) is 0 Å². The average Bonchev–Trinajstić information content (AvgIpc) is 3.65. The molecule has 1 atom stereocenters. The fraction of sp³-hybridized carbons (Fsp3) is 0.353. The fourth-order valence-electron chi connectivity index (χ4n) is 6.09. The molecule has 7 nitrogen and oxygen atoms in total. The molecule has 42 heavy (non-hydrogen) atoms. The number of carboxylic acid groups (broad SMARTS) is 1. The van der Waals surface area contributed by atoms with E-state index in [1.54, 1.807) is 36.7 Å². The van der Waals surface area contributed by atoms with Crippen LogP contribution in [0, 0.1) is 19.7 Å². The van der Waals surface area contributed by atoms with Crippen LogP contribution in [0.5, 0.6) is 11.5 Å². The van der Waals surface area contributed by atoms with E-state index in [-0.39, 0.29) is 23.9 Å². The van der Waals surface area contributed by atoms with Crippen molar-refractivity contribution in [3.8, 4) is 33.8 Å². The van der Waals surface area contributed by atoms with Gasteiger partial charge in [0.15, 0.2) is 0 Å². The summed E-state index contributed by atoms with van der Waals surface area (Å²) in [6, 6.07) is 12.7. The fourth-order valence-corrected chi connectivity index (χ4v) is 6.09. The molecule has 4 aromatic rings. The second-order valence-corrected chi connectivity index (χ2v) is 12.0. The first-order valence-corrected chi connectivity index (χ1v) is 14.2. The molecular weight excluding hydrogens is 535 g/mol. The second kappa shape index (κ2) is 11.6. The van der Waals surface area contributed by atoms with Gasteiger partial charge in [-0.3, -0.25) is 9.48 Å². The van der Waals surface area contributed by atoms with Gasteiger partial charge in [0.2, 0.25) is 0 Å². The maximum atomic E-state index is 14.2. The van der Waals surface area contributed by atoms with Crippen LogP contribution in [-0.2, 0) is 24.2 Å². The number of hydrogen-bond donors (Lipinski definition) is 3. The van der Waals surface area contributed by atoms with Crippen LogP contribution in [0.25, 0.3) is 22.3 Å². The zero-order valence-electron chi connectivity index (χ0n) is 24.4. The topological polar surface area (TPSA) is 105 Å². The van der Waals surface area contributed by atoms with Gasteiger partial charge in [-0.05, 0) is 98.0 Å². The minimum Gasteiger partial charge on any atom is -0.508 e. The largest absolute Gasteiger partial charge is 0.508 e. The molecule has 0 amide bonds. The molecule has 3 N–H and O–H groups in total. The molecule has 1 aromatic heterocycles. The molecule has 3 aromatic carbocycles. The Labute approximate surface area is 245 Å². The number of aliphatic hydroxyl groups is 1. The molecule has 2 aliphatic rings. The van der Waals surface area contributed by atoms with Gasteiger partial charge in [-0.1, -0.05) is 24.3 Å². The van der Waals surface area contributed by atoms with Crippen LogP contribution in [-0.4, -0.2) is 43.3 Å². The summed E-state index contributed by atoms with van der Waals surface area (Å²) in [5.41, 5.74) is 9.04. The predicted molar refractivity (Wildman–Crippen MR) is 159 cm³/mol. The molecule has 0 bridgehead atoms. The quantitative estimate of drug-likeness (QED) is 0.241. The van der Waals surface area contributed by atoms with Gasteiger partial charge in [0, 0.05) is 29.3 Å². The highest BCUT2D eigenvalue weighted by atomic mass is 19.1. The van der Waals surface area contributed by atoms with Gasteiger partial charge in [-0.2, -0.15) is 5.10 Å². The highest BCUT2D eigenvalue weighted by molar-refractivity contribution is 5.79. The van der Waals surface area contributed by atoms with Gasteiger partial charge in [-0.15, -0.1) is 0 Å². The van der Waals surface area contributed by atoms with Crippen LogP contribution >= 0.6 is 0 Å². The number of aliphatic carboxylic acids is 1. The molecule has 0 fully saturated rings. The van der Waals surface area contributed by atoms with Crippen LogP contribution in [0.3, 0.4) is 0 Å². The highest BCUT2D eigenvalue weighted by Crippen LogP contribution is 2.39. The van der Waals surface area contributed by atoms with E-state index in [0.717, 1.165) is 41.5 Å². The third kappa shape index (κ3) is 6.34. The SMILES string of the molecule is Cc1cc(-c2cnn(CC(C)(C)O)c2)cc(C)c1-c1ccc(F)c2c1CCC2.O=C(O)C[C@@H]1COc2cc(O)ccc21. The number of phenolic OH excluding ortho intramolecular Hbond substituents is 1. The van der Waals surface area contributed by atoms with Crippen LogP contribution in [0.15, 0.2) is 54.9 Å². The van der Waals surface area contributed by atoms with Crippen molar-refractivity contribution in [2.24, 2.45) is 0 Å². The molecule has 1 aliphatic heterocycles. The Bertz CT molecular complexity index is 1610. The number of hydrogen-bond acceptors (Lipinski definition) is 5. The summed E-state index contributed by atoms with van der Waals surface area (Å²) in [5.74, 6) is -0.263. The summed E-state index contributed by atoms with van der Waals surface area (Å²) in [6.07, 6.45) is 6.70. The first kappa shape index (κ1) is 29.3. The minimum atomic E-state index is -0.834. The third-order valence-electron chi connectivity index (χ3n) is 7.84. The molecule has 2 heterocycles. The Morgan fingerprint density at radius 2 is 1.79 bits per heavy atom. The number of phenols is 1. The van der Waals surface area contributed by atoms with Crippen molar-refractivity contribution in [2.75, 3.05) is 6.61 Å². The van der Waals surface area contributed by atoms with Gasteiger partial charge in [0.25, 0.3) is 0 Å². The maximum absolute atomic E-state index is 14.2. The van der Waals surface area contributed by atoms with Crippen molar-refractivity contribution in [1.82, 2.24) is 9.78 Å². The lowest BCUT2D eigenvalue weighted by atomic mass is 9.88. The van der Waals surface area contributed by atoms with E-state index in [0.29, 0.717) is 18.9 Å². The van der Waals surface area contributed by atoms with E-state index in [1.165, 1.54) is 33.9 Å². The summed E-state index contributed by atoms with van der Waals surface area (Å²) < 4.78 is 21.2. The third-order valence-corrected chi connectivity index (χ3v) is 7.84. The number of nitrogens with zero attached hydrogens (tertiary/aromatic N) is 2. The minimum absolute atomic E-state index is 0.0672. The molecule has 1 aliphatic carbocycles. The molecule has 6 rings (SSSR count). The molecule has 8 heteroatoms. The first-order valence-electron chi connectivity index (χ1n) is 14.2. The predicted octanol–water partition coefficient (Wildman–Crippen LogP) is 6.58. The molecule has 220 valence electrons. The lowest BCUT2D eigenvalue weighted by molar-refractivity contribution is -0.137. The number of rotatable bonds is 6. The van der Waals surface area contributed by atoms with Gasteiger partial charge < -0.3 is 20.1 Å². The summed E-state index contributed by atoms with van der Waals surface area (Å²) in [4.78, 5) is 10.5. The zero-order valence-corrected chi connectivity index (χ0v) is 24.4. The van der Waals surface area contributed by atoms with Crippen LogP contribution in [0.1, 0.15) is 60.4 Å². The average molecular weight is 573 g/mol. The highest BCUT2D eigenvalue weighted by Gasteiger charge is 2.26. The Balaban J connectivity index is 0.000000211. The number of aromatic hydroxyl groups is 1. The van der Waals surface area contributed by atoms with E-state index in [9.17, 15) is 14.3 Å². The number of aryl methyl sites for hydroxylation is 2. The first-order chi connectivity index (χ1) is 19.9. The normalized spacial score (nSPS) is 15.4. The number of carbonyl (C=O) groups is 1. The van der Waals surface area contributed by atoms with Gasteiger partial charge >= 0.3 is 5.97 Å². The number of ether oxygens (including phenoxy) is 1. The summed E-state index contributed by atoms with van der Waals surface area (Å²) in [6.45, 7) is 8.63. The van der Waals surface area contributed by atoms with E-state index < -0.39 is 11.6 Å². The molecule has 0 saturated carbocycles. The summed E-state index contributed by atoms with van der Waals surface area (Å²) >= 11 is 0. The van der Waals surface area contributed by atoms with Crippen LogP contribution in [0.2, 0.25) is 0 Å². The van der Waals surface area contributed by atoms with Crippen LogP contribution < -0.4 is 4.74 Å². The van der Waals surface area contributed by atoms with Crippen molar-refractivity contribution in [3.63, 3.8) is 0 Å². The Morgan fingerprint density at radius 3 is 2.48 bits per heavy atom. The Morgan fingerprint density at radius 1 is 1.07 bits per heavy atom. The van der Waals surface area contributed by atoms with E-state index in [1.807, 2.05) is 18.5 Å². The summed E-state index contributed by atoms with van der Waals surface area (Å²) in [5, 5.41) is 32.2. The van der Waals surface area contributed by atoms with Crippen molar-refractivity contribution in [2.45, 2.75) is 71.4 Å². The smallest absolute Gasteiger partial charge is 0.304 e. The Hall–Kier alpha value is -4.17. The van der Waals surface area contributed by atoms with Gasteiger partial charge in [0.05, 0.1) is 31.4 Å². The van der Waals surface area contributed by atoms with Crippen molar-refractivity contribution >= 4 is 5.97 Å². The number of halogens is 1. The monoisotopic (exact) mass is 572 g/mol. The standard InChI is InChI=1S/C24H27FN2O.C10H10O4/c1-15-10-17(18-12-26-27(13-18)14-24(3,4)28)11-16(2)23(15)21-8-9-22(25)20-7-5-6-19(20)21;11-7-1-2-8-6(3-10(12)13)5-14-9(8)4-7/h8-13,28H,5-7,14H2,1-4H3;1-2,4,6,11H,3,5H2,(H,12,13)/t;6-/m.1/s1. The number of aromatic nitrogens is 2. The van der Waals surface area contributed by atoms with Crippen molar-refractivity contribution in [3.05, 3.63) is 88.5 Å². The molecular formula is C34H37FN2O5. The molecule has 0 spiro atoms. The van der Waals surface area contributed by atoms with Crippen LogP contribution in [0.4, 0.5) is 4.39 Å². The number of benzene rings is 3.